The molecule has 0 unspecified atom stereocenters. The summed E-state index contributed by atoms with van der Waals surface area (Å²) in [6.45, 7) is 0. The average molecular weight is 279 g/mol. The third kappa shape index (κ3) is 2.89. The lowest BCUT2D eigenvalue weighted by Crippen LogP contribution is -2.25. The van der Waals surface area contributed by atoms with Crippen molar-refractivity contribution in [2.45, 2.75) is 0 Å². The number of nitrogens with zero attached hydrogens (tertiary/aromatic N) is 1. The van der Waals surface area contributed by atoms with Gasteiger partial charge in [0.1, 0.15) is 0 Å². The zero-order valence-corrected chi connectivity index (χ0v) is 10.1. The topological polar surface area (TPSA) is 29.5 Å². The Labute approximate surface area is 95.7 Å². The monoisotopic (exact) mass is 277 g/mol. The van der Waals surface area contributed by atoms with E-state index in [1.54, 1.807) is 32.3 Å². The molecule has 1 aromatic carbocycles. The lowest BCUT2D eigenvalue weighted by Gasteiger charge is -2.11. The van der Waals surface area contributed by atoms with Gasteiger partial charge in [0.05, 0.1) is 5.02 Å². The van der Waals surface area contributed by atoms with Crippen LogP contribution < -0.4 is 4.74 Å². The second-order valence-electron chi connectivity index (χ2n) is 2.84. The molecule has 0 saturated heterocycles. The number of hydrogen-bond acceptors (Lipinski definition) is 2. The first-order chi connectivity index (χ1) is 6.50. The molecule has 0 bridgehead atoms. The number of benzene rings is 1. The molecule has 1 amide bonds. The van der Waals surface area contributed by atoms with Crippen LogP contribution in [0.5, 0.6) is 5.75 Å². The standard InChI is InChI=1S/C9H9BrClNO2/c1-12(2)9(13)14-8-5-6(10)3-4-7(8)11/h3-5H,1-2H3. The number of carbonyl (C=O) groups excluding carboxylic acids is 1. The number of amides is 1. The predicted molar refractivity (Wildman–Crippen MR) is 58.9 cm³/mol. The summed E-state index contributed by atoms with van der Waals surface area (Å²) >= 11 is 9.09. The Hall–Kier alpha value is -0.740. The lowest BCUT2D eigenvalue weighted by molar-refractivity contribution is 0.172. The molecule has 14 heavy (non-hydrogen) atoms. The van der Waals surface area contributed by atoms with Crippen LogP contribution in [0, 0.1) is 0 Å². The average Bonchev–Trinajstić information content (AvgIpc) is 2.11. The normalized spacial score (nSPS) is 9.71. The summed E-state index contributed by atoms with van der Waals surface area (Å²) in [6, 6.07) is 5.07. The van der Waals surface area contributed by atoms with Crippen molar-refractivity contribution in [2.24, 2.45) is 0 Å². The zero-order chi connectivity index (χ0) is 10.7. The third-order valence-corrected chi connectivity index (χ3v) is 2.26. The quantitative estimate of drug-likeness (QED) is 0.790. The maximum absolute atomic E-state index is 11.2. The smallest absolute Gasteiger partial charge is 0.409 e. The van der Waals surface area contributed by atoms with Crippen LogP contribution in [0.2, 0.25) is 5.02 Å². The van der Waals surface area contributed by atoms with Gasteiger partial charge in [-0.2, -0.15) is 0 Å². The summed E-state index contributed by atoms with van der Waals surface area (Å²) in [5, 5.41) is 0.406. The maximum atomic E-state index is 11.2. The van der Waals surface area contributed by atoms with Crippen molar-refractivity contribution in [1.29, 1.82) is 0 Å². The molecule has 0 aliphatic heterocycles. The van der Waals surface area contributed by atoms with E-state index < -0.39 is 6.09 Å². The summed E-state index contributed by atoms with van der Waals surface area (Å²) in [5.74, 6) is 0.347. The fourth-order valence-electron chi connectivity index (χ4n) is 0.741. The van der Waals surface area contributed by atoms with Crippen LogP contribution in [0.15, 0.2) is 22.7 Å². The number of carbonyl (C=O) groups is 1. The Morgan fingerprint density at radius 3 is 2.71 bits per heavy atom. The van der Waals surface area contributed by atoms with Crippen molar-refractivity contribution >= 4 is 33.6 Å². The largest absolute Gasteiger partial charge is 0.414 e. The molecule has 5 heteroatoms. The molecule has 0 fully saturated rings. The number of hydrogen-bond donors (Lipinski definition) is 0. The van der Waals surface area contributed by atoms with E-state index in [9.17, 15) is 4.79 Å². The molecule has 0 radical (unpaired) electrons. The molecule has 1 rings (SSSR count). The Balaban J connectivity index is 2.86. The molecule has 0 saturated carbocycles. The Bertz CT molecular complexity index is 355. The molecule has 0 heterocycles. The minimum atomic E-state index is -0.454. The summed E-state index contributed by atoms with van der Waals surface area (Å²) in [6.07, 6.45) is -0.454. The first-order valence-corrected chi connectivity index (χ1v) is 5.02. The van der Waals surface area contributed by atoms with E-state index in [1.165, 1.54) is 4.90 Å². The van der Waals surface area contributed by atoms with Gasteiger partial charge in [0.15, 0.2) is 5.75 Å². The molecule has 3 nitrogen and oxygen atoms in total. The van der Waals surface area contributed by atoms with Gasteiger partial charge in [-0.15, -0.1) is 0 Å². The highest BCUT2D eigenvalue weighted by Crippen LogP contribution is 2.28. The van der Waals surface area contributed by atoms with Crippen molar-refractivity contribution in [1.82, 2.24) is 4.90 Å². The van der Waals surface area contributed by atoms with Gasteiger partial charge >= 0.3 is 6.09 Å². The third-order valence-electron chi connectivity index (χ3n) is 1.46. The van der Waals surface area contributed by atoms with Crippen molar-refractivity contribution < 1.29 is 9.53 Å². The number of ether oxygens (including phenoxy) is 1. The van der Waals surface area contributed by atoms with Crippen LogP contribution in [0.3, 0.4) is 0 Å². The van der Waals surface area contributed by atoms with Crippen LogP contribution in [0.4, 0.5) is 4.79 Å². The summed E-state index contributed by atoms with van der Waals surface area (Å²) in [7, 11) is 3.21. The fourth-order valence-corrected chi connectivity index (χ4v) is 1.24. The van der Waals surface area contributed by atoms with E-state index in [4.69, 9.17) is 16.3 Å². The van der Waals surface area contributed by atoms with Crippen molar-refractivity contribution in [3.8, 4) is 5.75 Å². The molecule has 0 spiro atoms. The highest BCUT2D eigenvalue weighted by atomic mass is 79.9. The van der Waals surface area contributed by atoms with Gasteiger partial charge in [-0.1, -0.05) is 27.5 Å². The van der Waals surface area contributed by atoms with E-state index in [-0.39, 0.29) is 0 Å². The summed E-state index contributed by atoms with van der Waals surface area (Å²) < 4.78 is 5.82. The SMILES string of the molecule is CN(C)C(=O)Oc1cc(Br)ccc1Cl. The molecule has 76 valence electrons. The van der Waals surface area contributed by atoms with Crippen molar-refractivity contribution in [3.63, 3.8) is 0 Å². The second-order valence-corrected chi connectivity index (χ2v) is 4.16. The van der Waals surface area contributed by atoms with Crippen LogP contribution in [-0.2, 0) is 0 Å². The van der Waals surface area contributed by atoms with E-state index in [0.29, 0.717) is 10.8 Å². The molecular formula is C9H9BrClNO2. The minimum Gasteiger partial charge on any atom is -0.409 e. The van der Waals surface area contributed by atoms with Crippen molar-refractivity contribution in [2.75, 3.05) is 14.1 Å². The Morgan fingerprint density at radius 2 is 2.14 bits per heavy atom. The minimum absolute atomic E-state index is 0.347. The predicted octanol–water partition coefficient (Wildman–Crippen LogP) is 3.16. The van der Waals surface area contributed by atoms with E-state index in [0.717, 1.165) is 4.47 Å². The highest BCUT2D eigenvalue weighted by molar-refractivity contribution is 9.10. The second kappa shape index (κ2) is 4.66. The van der Waals surface area contributed by atoms with Gasteiger partial charge in [-0.3, -0.25) is 0 Å². The zero-order valence-electron chi connectivity index (χ0n) is 7.75. The molecule has 0 N–H and O–H groups in total. The molecular weight excluding hydrogens is 269 g/mol. The summed E-state index contributed by atoms with van der Waals surface area (Å²) in [4.78, 5) is 12.5. The first kappa shape index (κ1) is 11.3. The van der Waals surface area contributed by atoms with E-state index in [2.05, 4.69) is 15.9 Å². The lowest BCUT2D eigenvalue weighted by atomic mass is 10.3. The highest BCUT2D eigenvalue weighted by Gasteiger charge is 2.09. The van der Waals surface area contributed by atoms with Gasteiger partial charge in [-0.25, -0.2) is 4.79 Å². The first-order valence-electron chi connectivity index (χ1n) is 3.85. The van der Waals surface area contributed by atoms with Gasteiger partial charge in [0.25, 0.3) is 0 Å². The maximum Gasteiger partial charge on any atom is 0.414 e. The molecule has 0 aliphatic carbocycles. The van der Waals surface area contributed by atoms with Crippen LogP contribution in [0.1, 0.15) is 0 Å². The van der Waals surface area contributed by atoms with Crippen molar-refractivity contribution in [3.05, 3.63) is 27.7 Å². The molecule has 0 aromatic heterocycles. The van der Waals surface area contributed by atoms with Gasteiger partial charge in [-0.05, 0) is 18.2 Å². The van der Waals surface area contributed by atoms with E-state index >= 15 is 0 Å². The number of halogens is 2. The van der Waals surface area contributed by atoms with Crippen LogP contribution >= 0.6 is 27.5 Å². The van der Waals surface area contributed by atoms with E-state index in [1.807, 2.05) is 0 Å². The van der Waals surface area contributed by atoms with Crippen LogP contribution in [0.25, 0.3) is 0 Å². The summed E-state index contributed by atoms with van der Waals surface area (Å²) in [5.41, 5.74) is 0. The molecule has 1 aromatic rings. The van der Waals surface area contributed by atoms with Gasteiger partial charge < -0.3 is 9.64 Å². The molecule has 0 aliphatic rings. The molecule has 0 atom stereocenters. The van der Waals surface area contributed by atoms with Gasteiger partial charge in [0, 0.05) is 18.6 Å². The Kier molecular flexibility index (Phi) is 3.77. The fraction of sp³-hybridized carbons (Fsp3) is 0.222. The van der Waals surface area contributed by atoms with Crippen LogP contribution in [-0.4, -0.2) is 25.1 Å². The Morgan fingerprint density at radius 1 is 1.50 bits per heavy atom. The number of rotatable bonds is 1. The van der Waals surface area contributed by atoms with Gasteiger partial charge in [0.2, 0.25) is 0 Å².